The van der Waals surface area contributed by atoms with Crippen LogP contribution in [0.15, 0.2) is 11.1 Å². The predicted octanol–water partition coefficient (Wildman–Crippen LogP) is 0.991. The number of aryl methyl sites for hydroxylation is 2. The van der Waals surface area contributed by atoms with Gasteiger partial charge in [-0.15, -0.1) is 11.8 Å². The maximum Gasteiger partial charge on any atom is 0.148 e. The van der Waals surface area contributed by atoms with Gasteiger partial charge in [0.05, 0.1) is 5.75 Å². The third-order valence-electron chi connectivity index (χ3n) is 3.00. The van der Waals surface area contributed by atoms with Gasteiger partial charge in [-0.1, -0.05) is 0 Å². The van der Waals surface area contributed by atoms with E-state index in [1.165, 1.54) is 18.0 Å². The van der Waals surface area contributed by atoms with Crippen molar-refractivity contribution in [2.24, 2.45) is 5.73 Å². The average molecular weight is 299 g/mol. The third-order valence-corrected chi connectivity index (χ3v) is 5.20. The number of rotatable bonds is 5. The molecule has 1 heterocycles. The van der Waals surface area contributed by atoms with Gasteiger partial charge in [0, 0.05) is 23.3 Å². The van der Waals surface area contributed by atoms with Crippen LogP contribution in [-0.4, -0.2) is 37.0 Å². The van der Waals surface area contributed by atoms with Crippen LogP contribution in [0.25, 0.3) is 0 Å². The zero-order chi connectivity index (χ0) is 14.0. The minimum absolute atomic E-state index is 0.0101. The first kappa shape index (κ1) is 14.3. The fourth-order valence-corrected chi connectivity index (χ4v) is 4.28. The lowest BCUT2D eigenvalue weighted by Crippen LogP contribution is -2.15. The Morgan fingerprint density at radius 3 is 2.89 bits per heavy atom. The highest BCUT2D eigenvalue weighted by molar-refractivity contribution is 8.00. The van der Waals surface area contributed by atoms with E-state index in [0.29, 0.717) is 16.3 Å². The number of nitrogen functional groups attached to an aromatic ring is 1. The number of nitrogens with two attached hydrogens (primary N) is 1. The van der Waals surface area contributed by atoms with Crippen molar-refractivity contribution in [1.29, 1.82) is 5.41 Å². The molecular formula is C12H17N3O2S2. The predicted molar refractivity (Wildman–Crippen MR) is 77.7 cm³/mol. The van der Waals surface area contributed by atoms with Crippen molar-refractivity contribution in [3.63, 3.8) is 0 Å². The smallest absolute Gasteiger partial charge is 0.148 e. The van der Waals surface area contributed by atoms with E-state index in [-0.39, 0.29) is 11.6 Å². The summed E-state index contributed by atoms with van der Waals surface area (Å²) >= 11 is 1.36. The summed E-state index contributed by atoms with van der Waals surface area (Å²) in [5.74, 6) is 0.530. The van der Waals surface area contributed by atoms with Gasteiger partial charge in [-0.3, -0.25) is 5.41 Å². The van der Waals surface area contributed by atoms with E-state index in [4.69, 9.17) is 11.1 Å². The molecule has 1 aliphatic carbocycles. The van der Waals surface area contributed by atoms with Gasteiger partial charge >= 0.3 is 0 Å². The maximum atomic E-state index is 11.1. The molecular weight excluding hydrogens is 282 g/mol. The van der Waals surface area contributed by atoms with Gasteiger partial charge in [-0.25, -0.2) is 13.4 Å². The van der Waals surface area contributed by atoms with E-state index in [1.54, 1.807) is 0 Å². The fraction of sp³-hybridized carbons (Fsp3) is 0.500. The fourth-order valence-electron chi connectivity index (χ4n) is 2.05. The molecule has 1 aromatic rings. The van der Waals surface area contributed by atoms with Gasteiger partial charge in [-0.2, -0.15) is 0 Å². The molecule has 2 rings (SSSR count). The normalized spacial score (nSPS) is 14.4. The van der Waals surface area contributed by atoms with E-state index < -0.39 is 9.84 Å². The molecule has 0 saturated heterocycles. The first-order valence-corrected chi connectivity index (χ1v) is 9.09. The summed E-state index contributed by atoms with van der Waals surface area (Å²) in [6, 6.07) is 1.93. The first-order valence-electron chi connectivity index (χ1n) is 6.04. The zero-order valence-corrected chi connectivity index (χ0v) is 12.4. The van der Waals surface area contributed by atoms with Crippen molar-refractivity contribution >= 4 is 27.4 Å². The number of hydrogen-bond donors (Lipinski definition) is 2. The molecule has 0 atom stereocenters. The van der Waals surface area contributed by atoms with Crippen molar-refractivity contribution < 1.29 is 8.42 Å². The maximum absolute atomic E-state index is 11.1. The number of amidine groups is 1. The Hall–Kier alpha value is -1.08. The third kappa shape index (κ3) is 3.70. The molecule has 104 valence electrons. The summed E-state index contributed by atoms with van der Waals surface area (Å²) in [5, 5.41) is 8.28. The Morgan fingerprint density at radius 2 is 2.26 bits per heavy atom. The molecule has 0 spiro atoms. The second-order valence-electron chi connectivity index (χ2n) is 4.69. The Balaban J connectivity index is 2.21. The van der Waals surface area contributed by atoms with E-state index in [9.17, 15) is 8.42 Å². The number of hydrogen-bond acceptors (Lipinski definition) is 5. The summed E-state index contributed by atoms with van der Waals surface area (Å²) in [6.45, 7) is 0. The molecule has 1 aromatic heterocycles. The Morgan fingerprint density at radius 1 is 1.53 bits per heavy atom. The molecule has 3 N–H and O–H groups in total. The number of nitrogens with one attached hydrogen (secondary N) is 1. The van der Waals surface area contributed by atoms with E-state index in [2.05, 4.69) is 4.98 Å². The second kappa shape index (κ2) is 5.50. The Kier molecular flexibility index (Phi) is 4.15. The second-order valence-corrected chi connectivity index (χ2v) is 8.04. The minimum atomic E-state index is -2.97. The first-order chi connectivity index (χ1) is 8.87. The summed E-state index contributed by atoms with van der Waals surface area (Å²) in [5.41, 5.74) is 8.43. The summed E-state index contributed by atoms with van der Waals surface area (Å²) in [7, 11) is -2.97. The summed E-state index contributed by atoms with van der Waals surface area (Å²) in [4.78, 5) is 4.54. The van der Waals surface area contributed by atoms with Crippen molar-refractivity contribution in [1.82, 2.24) is 4.98 Å². The lowest BCUT2D eigenvalue weighted by Gasteiger charge is -2.10. The van der Waals surface area contributed by atoms with Crippen molar-refractivity contribution in [3.8, 4) is 0 Å². The average Bonchev–Trinajstić information content (AvgIpc) is 2.72. The lowest BCUT2D eigenvalue weighted by molar-refractivity contribution is 0.603. The van der Waals surface area contributed by atoms with E-state index in [1.807, 2.05) is 6.07 Å². The molecule has 0 bridgehead atoms. The molecule has 0 aliphatic heterocycles. The summed E-state index contributed by atoms with van der Waals surface area (Å²) in [6.07, 6.45) is 4.23. The molecule has 0 amide bonds. The monoisotopic (exact) mass is 299 g/mol. The molecule has 5 nitrogen and oxygen atoms in total. The van der Waals surface area contributed by atoms with Crippen LogP contribution < -0.4 is 5.73 Å². The Labute approximate surface area is 117 Å². The number of aromatic nitrogens is 1. The van der Waals surface area contributed by atoms with Crippen LogP contribution in [0.5, 0.6) is 0 Å². The molecule has 0 radical (unpaired) electrons. The number of sulfone groups is 1. The van der Waals surface area contributed by atoms with Crippen LogP contribution >= 0.6 is 11.8 Å². The van der Waals surface area contributed by atoms with E-state index >= 15 is 0 Å². The van der Waals surface area contributed by atoms with Crippen LogP contribution in [0.1, 0.15) is 23.2 Å². The van der Waals surface area contributed by atoms with Gasteiger partial charge in [0.1, 0.15) is 20.7 Å². The standard InChI is InChI=1S/C12H17N3O2S2/c1-19(16,17)6-5-18-12-9(11(13)14)7-8-3-2-4-10(8)15-12/h7H,2-6H2,1H3,(H3,13,14). The number of thioether (sulfide) groups is 1. The quantitative estimate of drug-likeness (QED) is 0.480. The van der Waals surface area contributed by atoms with Crippen LogP contribution in [0.2, 0.25) is 0 Å². The summed E-state index contributed by atoms with van der Waals surface area (Å²) < 4.78 is 22.3. The highest BCUT2D eigenvalue weighted by atomic mass is 32.2. The Bertz CT molecular complexity index is 612. The van der Waals surface area contributed by atoms with Gasteiger partial charge < -0.3 is 5.73 Å². The van der Waals surface area contributed by atoms with Gasteiger partial charge in [0.25, 0.3) is 0 Å². The van der Waals surface area contributed by atoms with Crippen molar-refractivity contribution in [2.75, 3.05) is 17.8 Å². The highest BCUT2D eigenvalue weighted by Gasteiger charge is 2.18. The van der Waals surface area contributed by atoms with Gasteiger partial charge in [-0.05, 0) is 30.9 Å². The molecule has 0 saturated carbocycles. The molecule has 1 aliphatic rings. The van der Waals surface area contributed by atoms with Crippen molar-refractivity contribution in [2.45, 2.75) is 24.3 Å². The number of fused-ring (bicyclic) bond motifs is 1. The van der Waals surface area contributed by atoms with Crippen LogP contribution in [0.4, 0.5) is 0 Å². The molecule has 0 unspecified atom stereocenters. The molecule has 19 heavy (non-hydrogen) atoms. The molecule has 0 fully saturated rings. The topological polar surface area (TPSA) is 96.9 Å². The molecule has 0 aromatic carbocycles. The van der Waals surface area contributed by atoms with Gasteiger partial charge in [0.15, 0.2) is 0 Å². The zero-order valence-electron chi connectivity index (χ0n) is 10.8. The largest absolute Gasteiger partial charge is 0.384 e. The van der Waals surface area contributed by atoms with Crippen LogP contribution in [-0.2, 0) is 22.7 Å². The van der Waals surface area contributed by atoms with E-state index in [0.717, 1.165) is 30.5 Å². The SMILES string of the molecule is CS(=O)(=O)CCSc1nc2c(cc1C(=N)N)CCC2. The minimum Gasteiger partial charge on any atom is -0.384 e. The lowest BCUT2D eigenvalue weighted by atomic mass is 10.1. The van der Waals surface area contributed by atoms with Crippen LogP contribution in [0.3, 0.4) is 0 Å². The number of nitrogens with zero attached hydrogens (tertiary/aromatic N) is 1. The van der Waals surface area contributed by atoms with Gasteiger partial charge in [0.2, 0.25) is 0 Å². The number of pyridine rings is 1. The van der Waals surface area contributed by atoms with Crippen LogP contribution in [0, 0.1) is 5.41 Å². The van der Waals surface area contributed by atoms with Crippen molar-refractivity contribution in [3.05, 3.63) is 22.9 Å². The molecule has 7 heteroatoms. The highest BCUT2D eigenvalue weighted by Crippen LogP contribution is 2.28.